The van der Waals surface area contributed by atoms with E-state index >= 15 is 0 Å². The summed E-state index contributed by atoms with van der Waals surface area (Å²) in [5.74, 6) is -0.410. The van der Waals surface area contributed by atoms with E-state index < -0.39 is 17.1 Å². The lowest BCUT2D eigenvalue weighted by atomic mass is 10.2. The quantitative estimate of drug-likeness (QED) is 0.238. The number of thiocarbonyl (C=S) groups is 1. The second kappa shape index (κ2) is 10.3. The summed E-state index contributed by atoms with van der Waals surface area (Å²) in [6, 6.07) is 9.27. The monoisotopic (exact) mass is 389 g/mol. The van der Waals surface area contributed by atoms with Crippen molar-refractivity contribution in [2.45, 2.75) is 39.2 Å². The van der Waals surface area contributed by atoms with Gasteiger partial charge in [-0.05, 0) is 30.8 Å². The van der Waals surface area contributed by atoms with E-state index in [2.05, 4.69) is 27.8 Å². The number of nitrogens with one attached hydrogen (secondary N) is 3. The number of hydrogen-bond donors (Lipinski definition) is 4. The molecule has 8 nitrogen and oxygen atoms in total. The van der Waals surface area contributed by atoms with Crippen LogP contribution in [0.4, 0.5) is 5.69 Å². The number of benzene rings is 1. The molecule has 0 radical (unpaired) electrons. The van der Waals surface area contributed by atoms with Crippen LogP contribution in [-0.2, 0) is 6.54 Å². The fourth-order valence-electron chi connectivity index (χ4n) is 2.43. The molecule has 0 spiro atoms. The molecule has 9 heteroatoms. The number of nitrogens with zero attached hydrogens (tertiary/aromatic N) is 2. The highest BCUT2D eigenvalue weighted by atomic mass is 32.1. The van der Waals surface area contributed by atoms with E-state index in [1.807, 2.05) is 30.3 Å². The maximum atomic E-state index is 12.0. The zero-order valence-electron chi connectivity index (χ0n) is 15.1. The fourth-order valence-corrected chi connectivity index (χ4v) is 2.60. The van der Waals surface area contributed by atoms with Crippen LogP contribution in [0.25, 0.3) is 0 Å². The van der Waals surface area contributed by atoms with E-state index in [0.29, 0.717) is 6.54 Å². The summed E-state index contributed by atoms with van der Waals surface area (Å²) in [4.78, 5) is 26.1. The number of aromatic nitrogens is 2. The molecule has 0 fully saturated rings. The molecule has 4 N–H and O–H groups in total. The van der Waals surface area contributed by atoms with Crippen LogP contribution >= 0.6 is 12.2 Å². The Morgan fingerprint density at radius 3 is 2.70 bits per heavy atom. The van der Waals surface area contributed by atoms with Crippen molar-refractivity contribution < 1.29 is 5.11 Å². The van der Waals surface area contributed by atoms with Gasteiger partial charge in [-0.1, -0.05) is 44.4 Å². The molecule has 0 amide bonds. The summed E-state index contributed by atoms with van der Waals surface area (Å²) in [5.41, 5.74) is 1.89. The van der Waals surface area contributed by atoms with Gasteiger partial charge in [-0.2, -0.15) is 5.10 Å². The van der Waals surface area contributed by atoms with Gasteiger partial charge in [0.1, 0.15) is 5.56 Å². The first-order valence-electron chi connectivity index (χ1n) is 8.74. The second-order valence-corrected chi connectivity index (χ2v) is 6.31. The standard InChI is InChI=1S/C18H23N5O3S/c1-2-3-4-8-11-23-16(25)14(15(24)21-18(23)26)12-19-22-17(27)20-13-9-6-5-7-10-13/h5-7,9-10,12,25H,2-4,8,11H2,1H3,(H2,20,22,27)(H,21,24,26)/b19-12+. The third-order valence-corrected chi connectivity index (χ3v) is 4.03. The van der Waals surface area contributed by atoms with Crippen LogP contribution in [0.3, 0.4) is 0 Å². The maximum absolute atomic E-state index is 12.0. The second-order valence-electron chi connectivity index (χ2n) is 5.90. The molecule has 0 bridgehead atoms. The third-order valence-electron chi connectivity index (χ3n) is 3.83. The van der Waals surface area contributed by atoms with Crippen molar-refractivity contribution in [2.75, 3.05) is 5.32 Å². The average molecular weight is 389 g/mol. The molecule has 2 rings (SSSR count). The van der Waals surface area contributed by atoms with Crippen LogP contribution in [0, 0.1) is 0 Å². The van der Waals surface area contributed by atoms with Gasteiger partial charge in [0, 0.05) is 12.2 Å². The zero-order chi connectivity index (χ0) is 19.6. The highest BCUT2D eigenvalue weighted by molar-refractivity contribution is 7.80. The number of para-hydroxylation sites is 1. The number of H-pyrrole nitrogens is 1. The van der Waals surface area contributed by atoms with Crippen molar-refractivity contribution >= 4 is 29.2 Å². The lowest BCUT2D eigenvalue weighted by Gasteiger charge is -2.09. The van der Waals surface area contributed by atoms with Crippen LogP contribution in [0.5, 0.6) is 5.88 Å². The van der Waals surface area contributed by atoms with E-state index in [4.69, 9.17) is 12.2 Å². The molecular formula is C18H23N5O3S. The molecular weight excluding hydrogens is 366 g/mol. The Hall–Kier alpha value is -2.94. The van der Waals surface area contributed by atoms with E-state index in [9.17, 15) is 14.7 Å². The zero-order valence-corrected chi connectivity index (χ0v) is 15.9. The Morgan fingerprint density at radius 1 is 1.26 bits per heavy atom. The lowest BCUT2D eigenvalue weighted by molar-refractivity contribution is 0.392. The molecule has 0 saturated carbocycles. The first-order chi connectivity index (χ1) is 13.0. The van der Waals surface area contributed by atoms with Gasteiger partial charge in [0.05, 0.1) is 6.21 Å². The topological polar surface area (TPSA) is 112 Å². The predicted molar refractivity (Wildman–Crippen MR) is 111 cm³/mol. The Labute approximate surface area is 161 Å². The summed E-state index contributed by atoms with van der Waals surface area (Å²) in [6.07, 6.45) is 4.91. The van der Waals surface area contributed by atoms with Crippen LogP contribution in [0.1, 0.15) is 38.2 Å². The predicted octanol–water partition coefficient (Wildman–Crippen LogP) is 2.14. The Bertz CT molecular complexity index is 905. The van der Waals surface area contributed by atoms with Crippen molar-refractivity contribution in [2.24, 2.45) is 5.10 Å². The number of rotatable bonds is 8. The van der Waals surface area contributed by atoms with Crippen molar-refractivity contribution in [3.8, 4) is 5.88 Å². The molecule has 27 heavy (non-hydrogen) atoms. The Balaban J connectivity index is 2.06. The molecule has 1 aromatic carbocycles. The summed E-state index contributed by atoms with van der Waals surface area (Å²) in [6.45, 7) is 2.41. The van der Waals surface area contributed by atoms with Gasteiger partial charge >= 0.3 is 5.69 Å². The SMILES string of the molecule is CCCCCCn1c(O)c(/C=N/NC(=S)Nc2ccccc2)c(=O)[nH]c1=O. The van der Waals surface area contributed by atoms with Gasteiger partial charge in [0.15, 0.2) is 5.11 Å². The number of unbranched alkanes of at least 4 members (excludes halogenated alkanes) is 3. The Morgan fingerprint density at radius 2 is 2.00 bits per heavy atom. The summed E-state index contributed by atoms with van der Waals surface area (Å²) < 4.78 is 1.14. The molecule has 0 atom stereocenters. The van der Waals surface area contributed by atoms with Gasteiger partial charge in [-0.3, -0.25) is 19.8 Å². The minimum atomic E-state index is -0.713. The highest BCUT2D eigenvalue weighted by Gasteiger charge is 2.12. The molecule has 1 heterocycles. The summed E-state index contributed by atoms with van der Waals surface area (Å²) in [7, 11) is 0. The lowest BCUT2D eigenvalue weighted by Crippen LogP contribution is -2.32. The van der Waals surface area contributed by atoms with Gasteiger partial charge in [-0.25, -0.2) is 4.79 Å². The molecule has 0 aliphatic heterocycles. The highest BCUT2D eigenvalue weighted by Crippen LogP contribution is 2.10. The van der Waals surface area contributed by atoms with Gasteiger partial charge in [0.2, 0.25) is 5.88 Å². The minimum Gasteiger partial charge on any atom is -0.494 e. The molecule has 0 aliphatic carbocycles. The van der Waals surface area contributed by atoms with Crippen LogP contribution in [0.15, 0.2) is 45.0 Å². The molecule has 2 aromatic rings. The van der Waals surface area contributed by atoms with Gasteiger partial charge in [-0.15, -0.1) is 0 Å². The minimum absolute atomic E-state index is 0.111. The average Bonchev–Trinajstić information content (AvgIpc) is 2.64. The van der Waals surface area contributed by atoms with Crippen LogP contribution in [-0.4, -0.2) is 26.0 Å². The van der Waals surface area contributed by atoms with Crippen molar-refractivity contribution in [1.29, 1.82) is 0 Å². The number of anilines is 1. The van der Waals surface area contributed by atoms with Crippen LogP contribution < -0.4 is 22.0 Å². The van der Waals surface area contributed by atoms with Crippen molar-refractivity contribution in [3.63, 3.8) is 0 Å². The molecule has 1 aromatic heterocycles. The fraction of sp³-hybridized carbons (Fsp3) is 0.333. The van der Waals surface area contributed by atoms with E-state index in [1.165, 1.54) is 0 Å². The van der Waals surface area contributed by atoms with Crippen LogP contribution in [0.2, 0.25) is 0 Å². The third kappa shape index (κ3) is 6.07. The number of aromatic amines is 1. The van der Waals surface area contributed by atoms with Crippen molar-refractivity contribution in [3.05, 3.63) is 56.7 Å². The molecule has 144 valence electrons. The number of hydrogen-bond acceptors (Lipinski definition) is 5. The first-order valence-corrected chi connectivity index (χ1v) is 9.15. The van der Waals surface area contributed by atoms with E-state index in [1.54, 1.807) is 0 Å². The van der Waals surface area contributed by atoms with Crippen molar-refractivity contribution in [1.82, 2.24) is 15.0 Å². The molecule has 0 aliphatic rings. The first kappa shape index (κ1) is 20.4. The smallest absolute Gasteiger partial charge is 0.331 e. The van der Waals surface area contributed by atoms with E-state index in [0.717, 1.165) is 42.2 Å². The normalized spacial score (nSPS) is 10.9. The molecule has 0 saturated heterocycles. The van der Waals surface area contributed by atoms with Gasteiger partial charge in [0.25, 0.3) is 5.56 Å². The Kier molecular flexibility index (Phi) is 7.75. The number of aromatic hydroxyl groups is 1. The van der Waals surface area contributed by atoms with Gasteiger partial charge < -0.3 is 10.4 Å². The number of hydrazone groups is 1. The summed E-state index contributed by atoms with van der Waals surface area (Å²) in [5, 5.41) is 17.3. The van der Waals surface area contributed by atoms with E-state index in [-0.39, 0.29) is 10.7 Å². The molecule has 0 unspecified atom stereocenters. The largest absolute Gasteiger partial charge is 0.494 e. The maximum Gasteiger partial charge on any atom is 0.331 e. The summed E-state index contributed by atoms with van der Waals surface area (Å²) >= 11 is 5.11.